The van der Waals surface area contributed by atoms with Crippen molar-refractivity contribution in [2.75, 3.05) is 13.2 Å². The van der Waals surface area contributed by atoms with Gasteiger partial charge in [0, 0.05) is 0 Å². The van der Waals surface area contributed by atoms with Crippen molar-refractivity contribution in [2.45, 2.75) is 140 Å². The van der Waals surface area contributed by atoms with Crippen LogP contribution in [0.15, 0.2) is 12.3 Å². The zero-order valence-corrected chi connectivity index (χ0v) is 20.1. The van der Waals surface area contributed by atoms with Crippen LogP contribution >= 0.6 is 0 Å². The van der Waals surface area contributed by atoms with Crippen LogP contribution in [0.4, 0.5) is 0 Å². The molecule has 5 nitrogen and oxygen atoms in total. The van der Waals surface area contributed by atoms with Crippen molar-refractivity contribution in [1.29, 1.82) is 0 Å². The first-order valence-electron chi connectivity index (χ1n) is 13.1. The molecule has 0 aromatic rings. The van der Waals surface area contributed by atoms with Crippen molar-refractivity contribution >= 4 is 0 Å². The maximum absolute atomic E-state index is 9.83. The summed E-state index contributed by atoms with van der Waals surface area (Å²) in [6.07, 6.45) is 22.8. The topological polar surface area (TPSA) is 79.2 Å². The number of hydrogen-bond donors (Lipinski definition) is 3. The van der Waals surface area contributed by atoms with Crippen LogP contribution in [0, 0.1) is 0 Å². The molecule has 0 saturated carbocycles. The smallest absolute Gasteiger partial charge is 0.120 e. The van der Waals surface area contributed by atoms with Gasteiger partial charge in [0.1, 0.15) is 31.0 Å². The lowest BCUT2D eigenvalue weighted by Gasteiger charge is -2.34. The first-order chi connectivity index (χ1) is 15.2. The molecule has 1 saturated heterocycles. The highest BCUT2D eigenvalue weighted by molar-refractivity contribution is 4.87. The van der Waals surface area contributed by atoms with E-state index in [9.17, 15) is 15.3 Å². The Morgan fingerprint density at radius 3 is 1.71 bits per heavy atom. The highest BCUT2D eigenvalue weighted by atomic mass is 16.6. The minimum atomic E-state index is -1.17. The van der Waals surface area contributed by atoms with Crippen LogP contribution in [0.2, 0.25) is 0 Å². The van der Waals surface area contributed by atoms with E-state index in [2.05, 4.69) is 6.92 Å². The van der Waals surface area contributed by atoms with E-state index >= 15 is 0 Å². The van der Waals surface area contributed by atoms with Gasteiger partial charge in [0.05, 0.1) is 12.9 Å². The SMILES string of the molecule is CCCCCCCCCCCCCCCCCC/C=C/OC[C@@H]1OC[C@@H](O)[C@H](O)[C@H]1O. The molecule has 3 N–H and O–H groups in total. The van der Waals surface area contributed by atoms with E-state index in [4.69, 9.17) is 9.47 Å². The summed E-state index contributed by atoms with van der Waals surface area (Å²) in [6.45, 7) is 2.48. The third-order valence-corrected chi connectivity index (χ3v) is 6.28. The minimum Gasteiger partial charge on any atom is -0.499 e. The minimum absolute atomic E-state index is 0.0230. The molecule has 184 valence electrons. The van der Waals surface area contributed by atoms with Crippen molar-refractivity contribution in [3.8, 4) is 0 Å². The van der Waals surface area contributed by atoms with Gasteiger partial charge < -0.3 is 24.8 Å². The van der Waals surface area contributed by atoms with Crippen molar-refractivity contribution < 1.29 is 24.8 Å². The summed E-state index contributed by atoms with van der Waals surface area (Å²) in [7, 11) is 0. The predicted molar refractivity (Wildman–Crippen MR) is 127 cm³/mol. The summed E-state index contributed by atoms with van der Waals surface area (Å²) in [4.78, 5) is 0. The maximum atomic E-state index is 9.83. The van der Waals surface area contributed by atoms with E-state index in [-0.39, 0.29) is 13.2 Å². The molecule has 1 aliphatic rings. The molecule has 0 bridgehead atoms. The summed E-state index contributed by atoms with van der Waals surface area (Å²) < 4.78 is 10.7. The first kappa shape index (κ1) is 28.4. The van der Waals surface area contributed by atoms with Crippen molar-refractivity contribution in [1.82, 2.24) is 0 Å². The number of aliphatic hydroxyl groups is 3. The summed E-state index contributed by atoms with van der Waals surface area (Å²) in [5, 5.41) is 28.9. The van der Waals surface area contributed by atoms with Crippen LogP contribution in [0.3, 0.4) is 0 Å². The molecule has 0 radical (unpaired) electrons. The van der Waals surface area contributed by atoms with E-state index in [0.717, 1.165) is 6.42 Å². The average molecular weight is 443 g/mol. The molecule has 4 atom stereocenters. The van der Waals surface area contributed by atoms with Gasteiger partial charge in [-0.25, -0.2) is 0 Å². The molecule has 0 aliphatic carbocycles. The lowest BCUT2D eigenvalue weighted by Crippen LogP contribution is -2.54. The molecule has 1 heterocycles. The largest absolute Gasteiger partial charge is 0.499 e. The fraction of sp³-hybridized carbons (Fsp3) is 0.923. The Morgan fingerprint density at radius 2 is 1.19 bits per heavy atom. The molecule has 1 aliphatic heterocycles. The first-order valence-corrected chi connectivity index (χ1v) is 13.1. The molecule has 0 aromatic carbocycles. The summed E-state index contributed by atoms with van der Waals surface area (Å²) in [5.74, 6) is 0. The molecule has 1 rings (SSSR count). The predicted octanol–water partition coefficient (Wildman–Crippen LogP) is 5.65. The molecule has 0 spiro atoms. The number of ether oxygens (including phenoxy) is 2. The fourth-order valence-corrected chi connectivity index (χ4v) is 4.11. The zero-order chi connectivity index (χ0) is 22.6. The molecular weight excluding hydrogens is 392 g/mol. The number of aliphatic hydroxyl groups excluding tert-OH is 3. The lowest BCUT2D eigenvalue weighted by atomic mass is 10.0. The lowest BCUT2D eigenvalue weighted by molar-refractivity contribution is -0.195. The van der Waals surface area contributed by atoms with Gasteiger partial charge in [0.2, 0.25) is 0 Å². The number of hydrogen-bond acceptors (Lipinski definition) is 5. The fourth-order valence-electron chi connectivity index (χ4n) is 4.11. The van der Waals surface area contributed by atoms with Crippen molar-refractivity contribution in [2.24, 2.45) is 0 Å². The highest BCUT2D eigenvalue weighted by Crippen LogP contribution is 2.16. The van der Waals surface area contributed by atoms with Crippen molar-refractivity contribution in [3.05, 3.63) is 12.3 Å². The zero-order valence-electron chi connectivity index (χ0n) is 20.1. The number of rotatable bonds is 20. The second kappa shape index (κ2) is 20.0. The van der Waals surface area contributed by atoms with E-state index in [1.54, 1.807) is 6.26 Å². The van der Waals surface area contributed by atoms with Crippen LogP contribution in [-0.2, 0) is 9.47 Å². The average Bonchev–Trinajstić information content (AvgIpc) is 2.77. The maximum Gasteiger partial charge on any atom is 0.120 e. The van der Waals surface area contributed by atoms with E-state index in [1.807, 2.05) is 6.08 Å². The third-order valence-electron chi connectivity index (χ3n) is 6.28. The summed E-state index contributed by atoms with van der Waals surface area (Å²) in [5.41, 5.74) is 0. The second-order valence-corrected chi connectivity index (χ2v) is 9.22. The standard InChI is InChI=1S/C26H50O5/c1-2-3-4-5-6-7-8-9-10-11-12-13-14-15-16-17-18-19-20-30-22-24-26(29)25(28)23(27)21-31-24/h19-20,23-29H,2-18,21-22H2,1H3/b20-19+/t23-,24+,25+,26+/m1/s1. The van der Waals surface area contributed by atoms with Gasteiger partial charge in [0.25, 0.3) is 0 Å². The number of unbranched alkanes of at least 4 members (excludes halogenated alkanes) is 16. The van der Waals surface area contributed by atoms with Gasteiger partial charge in [-0.2, -0.15) is 0 Å². The van der Waals surface area contributed by atoms with Gasteiger partial charge in [-0.1, -0.05) is 103 Å². The molecule has 0 unspecified atom stereocenters. The molecule has 0 amide bonds. The van der Waals surface area contributed by atoms with Crippen LogP contribution < -0.4 is 0 Å². The van der Waals surface area contributed by atoms with E-state index in [0.29, 0.717) is 0 Å². The van der Waals surface area contributed by atoms with Gasteiger partial charge in [0.15, 0.2) is 0 Å². The van der Waals surface area contributed by atoms with Crippen LogP contribution in [0.25, 0.3) is 0 Å². The molecule has 1 fully saturated rings. The summed E-state index contributed by atoms with van der Waals surface area (Å²) >= 11 is 0. The number of allylic oxidation sites excluding steroid dienone is 1. The Kier molecular flexibility index (Phi) is 18.3. The normalized spacial score (nSPS) is 24.1. The third kappa shape index (κ3) is 15.0. The van der Waals surface area contributed by atoms with Gasteiger partial charge in [-0.3, -0.25) is 0 Å². The van der Waals surface area contributed by atoms with Gasteiger partial charge in [-0.15, -0.1) is 0 Å². The van der Waals surface area contributed by atoms with Crippen LogP contribution in [0.5, 0.6) is 0 Å². The highest BCUT2D eigenvalue weighted by Gasteiger charge is 2.37. The Bertz CT molecular complexity index is 415. The monoisotopic (exact) mass is 442 g/mol. The van der Waals surface area contributed by atoms with Crippen LogP contribution in [0.1, 0.15) is 116 Å². The Morgan fingerprint density at radius 1 is 0.710 bits per heavy atom. The summed E-state index contributed by atoms with van der Waals surface area (Å²) in [6, 6.07) is 0. The second-order valence-electron chi connectivity index (χ2n) is 9.22. The van der Waals surface area contributed by atoms with Crippen molar-refractivity contribution in [3.63, 3.8) is 0 Å². The Hall–Kier alpha value is -0.620. The van der Waals surface area contributed by atoms with Crippen LogP contribution in [-0.4, -0.2) is 52.9 Å². The van der Waals surface area contributed by atoms with E-state index < -0.39 is 24.4 Å². The quantitative estimate of drug-likeness (QED) is 0.168. The molecule has 31 heavy (non-hydrogen) atoms. The molecule has 0 aromatic heterocycles. The molecular formula is C26H50O5. The van der Waals surface area contributed by atoms with Gasteiger partial charge >= 0.3 is 0 Å². The Labute approximate surface area is 191 Å². The Balaban J connectivity index is 1.78. The molecule has 5 heteroatoms. The van der Waals surface area contributed by atoms with Gasteiger partial charge in [-0.05, 0) is 18.9 Å². The van der Waals surface area contributed by atoms with E-state index in [1.165, 1.54) is 103 Å².